The van der Waals surface area contributed by atoms with Gasteiger partial charge in [-0.1, -0.05) is 18.2 Å². The van der Waals surface area contributed by atoms with Crippen molar-refractivity contribution in [2.24, 2.45) is 11.8 Å². The summed E-state index contributed by atoms with van der Waals surface area (Å²) in [6.45, 7) is 2.53. The summed E-state index contributed by atoms with van der Waals surface area (Å²) in [4.78, 5) is 38.8. The summed E-state index contributed by atoms with van der Waals surface area (Å²) in [6.07, 6.45) is 4.79. The van der Waals surface area contributed by atoms with Gasteiger partial charge in [0.2, 0.25) is 27.7 Å². The summed E-state index contributed by atoms with van der Waals surface area (Å²) < 4.78 is 32.6. The molecule has 0 bridgehead atoms. The van der Waals surface area contributed by atoms with Crippen LogP contribution in [-0.4, -0.2) is 68.2 Å². The molecule has 3 amide bonds. The Morgan fingerprint density at radius 2 is 1.71 bits per heavy atom. The van der Waals surface area contributed by atoms with E-state index in [0.717, 1.165) is 4.90 Å². The van der Waals surface area contributed by atoms with Gasteiger partial charge < -0.3 is 10.1 Å². The Hall–Kier alpha value is -2.56. The van der Waals surface area contributed by atoms with Crippen molar-refractivity contribution in [2.75, 3.05) is 38.2 Å². The number of ether oxygens (including phenoxy) is 1. The van der Waals surface area contributed by atoms with Gasteiger partial charge in [-0.25, -0.2) is 8.42 Å². The predicted octanol–water partition coefficient (Wildman–Crippen LogP) is 0.906. The lowest BCUT2D eigenvalue weighted by Gasteiger charge is -2.27. The van der Waals surface area contributed by atoms with Crippen molar-refractivity contribution in [3.63, 3.8) is 0 Å². The molecular formula is C21H25N3O6S. The number of likely N-dealkylation sites (tertiary alicyclic amines) is 1. The molecule has 2 aliphatic heterocycles. The largest absolute Gasteiger partial charge is 0.379 e. The van der Waals surface area contributed by atoms with Crippen molar-refractivity contribution in [3.05, 3.63) is 35.9 Å². The van der Waals surface area contributed by atoms with Gasteiger partial charge in [0.05, 0.1) is 29.9 Å². The molecule has 9 nitrogen and oxygen atoms in total. The highest BCUT2D eigenvalue weighted by atomic mass is 32.2. The van der Waals surface area contributed by atoms with E-state index in [4.69, 9.17) is 4.74 Å². The summed E-state index contributed by atoms with van der Waals surface area (Å²) in [5.41, 5.74) is 0.853. The second kappa shape index (κ2) is 8.52. The second-order valence-electron chi connectivity index (χ2n) is 7.96. The first kappa shape index (κ1) is 21.7. The van der Waals surface area contributed by atoms with Gasteiger partial charge in [-0.2, -0.15) is 4.31 Å². The van der Waals surface area contributed by atoms with Crippen LogP contribution >= 0.6 is 0 Å². The Bertz CT molecular complexity index is 1020. The summed E-state index contributed by atoms with van der Waals surface area (Å²) >= 11 is 0. The Balaban J connectivity index is 1.47. The zero-order chi connectivity index (χ0) is 22.2. The molecule has 2 heterocycles. The summed E-state index contributed by atoms with van der Waals surface area (Å²) in [6, 6.07) is 4.63. The number of morpholine rings is 1. The highest BCUT2D eigenvalue weighted by Gasteiger charge is 2.47. The van der Waals surface area contributed by atoms with Crippen LogP contribution in [-0.2, 0) is 29.1 Å². The van der Waals surface area contributed by atoms with Crippen LogP contribution < -0.4 is 5.32 Å². The maximum Gasteiger partial charge on any atom is 0.244 e. The lowest BCUT2D eigenvalue weighted by atomic mass is 9.85. The lowest BCUT2D eigenvalue weighted by Crippen LogP contribution is -2.41. The number of allylic oxidation sites excluding steroid dienone is 2. The molecular weight excluding hydrogens is 422 g/mol. The second-order valence-corrected chi connectivity index (χ2v) is 9.87. The molecule has 4 rings (SSSR count). The Labute approximate surface area is 181 Å². The molecule has 2 atom stereocenters. The van der Waals surface area contributed by atoms with E-state index in [1.807, 2.05) is 12.2 Å². The molecule has 0 unspecified atom stereocenters. The van der Waals surface area contributed by atoms with Crippen molar-refractivity contribution in [1.29, 1.82) is 0 Å². The molecule has 1 aliphatic carbocycles. The van der Waals surface area contributed by atoms with Gasteiger partial charge >= 0.3 is 0 Å². The predicted molar refractivity (Wildman–Crippen MR) is 111 cm³/mol. The number of sulfonamides is 1. The number of amides is 3. The third-order valence-electron chi connectivity index (χ3n) is 5.96. The summed E-state index contributed by atoms with van der Waals surface area (Å²) in [5.74, 6) is -1.99. The van der Waals surface area contributed by atoms with Gasteiger partial charge in [0.25, 0.3) is 0 Å². The van der Waals surface area contributed by atoms with E-state index in [2.05, 4.69) is 5.32 Å². The lowest BCUT2D eigenvalue weighted by molar-refractivity contribution is -0.142. The number of nitrogens with zero attached hydrogens (tertiary/aromatic N) is 2. The van der Waals surface area contributed by atoms with Gasteiger partial charge in [-0.15, -0.1) is 0 Å². The summed E-state index contributed by atoms with van der Waals surface area (Å²) in [7, 11) is -3.73. The fourth-order valence-corrected chi connectivity index (χ4v) is 5.91. The van der Waals surface area contributed by atoms with E-state index in [1.54, 1.807) is 19.1 Å². The molecule has 2 fully saturated rings. The van der Waals surface area contributed by atoms with Crippen LogP contribution in [0.15, 0.2) is 35.2 Å². The van der Waals surface area contributed by atoms with Crippen molar-refractivity contribution in [3.8, 4) is 0 Å². The number of aryl methyl sites for hydroxylation is 1. The number of imide groups is 1. The average Bonchev–Trinajstić information content (AvgIpc) is 3.00. The maximum atomic E-state index is 13.0. The summed E-state index contributed by atoms with van der Waals surface area (Å²) in [5, 5.41) is 2.63. The Morgan fingerprint density at radius 1 is 1.10 bits per heavy atom. The van der Waals surface area contributed by atoms with Crippen molar-refractivity contribution >= 4 is 33.4 Å². The highest BCUT2D eigenvalue weighted by Crippen LogP contribution is 2.35. The SMILES string of the molecule is Cc1ccc(NC(=O)CN2C(=O)[C@H]3CC=CC[C@H]3C2=O)cc1S(=O)(=O)N1CCOCC1. The number of benzene rings is 1. The molecule has 0 saturated carbocycles. The fraction of sp³-hybridized carbons (Fsp3) is 0.476. The fourth-order valence-electron chi connectivity index (χ4n) is 4.25. The van der Waals surface area contributed by atoms with E-state index in [0.29, 0.717) is 37.3 Å². The van der Waals surface area contributed by atoms with Crippen molar-refractivity contribution in [1.82, 2.24) is 9.21 Å². The average molecular weight is 448 g/mol. The van der Waals surface area contributed by atoms with Crippen molar-refractivity contribution < 1.29 is 27.5 Å². The van der Waals surface area contributed by atoms with Crippen LogP contribution in [0.3, 0.4) is 0 Å². The normalized spacial score (nSPS) is 24.4. The molecule has 3 aliphatic rings. The number of carbonyl (C=O) groups excluding carboxylic acids is 3. The van der Waals surface area contributed by atoms with Gasteiger partial charge in [0, 0.05) is 18.8 Å². The van der Waals surface area contributed by atoms with Gasteiger partial charge in [0.15, 0.2) is 0 Å². The first-order valence-electron chi connectivity index (χ1n) is 10.3. The minimum Gasteiger partial charge on any atom is -0.379 e. The number of rotatable bonds is 5. The number of fused-ring (bicyclic) bond motifs is 1. The molecule has 31 heavy (non-hydrogen) atoms. The van der Waals surface area contributed by atoms with E-state index in [-0.39, 0.29) is 36.3 Å². The smallest absolute Gasteiger partial charge is 0.244 e. The molecule has 1 aromatic rings. The van der Waals surface area contributed by atoms with Crippen LogP contribution in [0.2, 0.25) is 0 Å². The highest BCUT2D eigenvalue weighted by molar-refractivity contribution is 7.89. The van der Waals surface area contributed by atoms with Crippen LogP contribution in [0.25, 0.3) is 0 Å². The Morgan fingerprint density at radius 3 is 2.32 bits per heavy atom. The number of nitrogens with one attached hydrogen (secondary N) is 1. The number of carbonyl (C=O) groups is 3. The first-order valence-corrected chi connectivity index (χ1v) is 11.7. The van der Waals surface area contributed by atoms with Crippen LogP contribution in [0.4, 0.5) is 5.69 Å². The topological polar surface area (TPSA) is 113 Å². The number of hydrogen-bond donors (Lipinski definition) is 1. The molecule has 0 aromatic heterocycles. The standard InChI is InChI=1S/C21H25N3O6S/c1-14-6-7-15(12-18(14)31(28,29)23-8-10-30-11-9-23)22-19(25)13-24-20(26)16-4-2-3-5-17(16)21(24)27/h2-3,6-7,12,16-17H,4-5,8-11,13H2,1H3,(H,22,25)/t16-,17+. The zero-order valence-corrected chi connectivity index (χ0v) is 18.1. The van der Waals surface area contributed by atoms with Gasteiger partial charge in [-0.05, 0) is 37.5 Å². The zero-order valence-electron chi connectivity index (χ0n) is 17.2. The third kappa shape index (κ3) is 4.15. The molecule has 1 aromatic carbocycles. The third-order valence-corrected chi connectivity index (χ3v) is 8.00. The van der Waals surface area contributed by atoms with E-state index < -0.39 is 27.8 Å². The van der Waals surface area contributed by atoms with Crippen LogP contribution in [0.1, 0.15) is 18.4 Å². The van der Waals surface area contributed by atoms with E-state index in [9.17, 15) is 22.8 Å². The monoisotopic (exact) mass is 447 g/mol. The molecule has 0 radical (unpaired) electrons. The van der Waals surface area contributed by atoms with Crippen LogP contribution in [0, 0.1) is 18.8 Å². The van der Waals surface area contributed by atoms with Crippen molar-refractivity contribution in [2.45, 2.75) is 24.7 Å². The number of anilines is 1. The molecule has 166 valence electrons. The van der Waals surface area contributed by atoms with Gasteiger partial charge in [-0.3, -0.25) is 19.3 Å². The number of hydrogen-bond acceptors (Lipinski definition) is 6. The molecule has 10 heteroatoms. The van der Waals surface area contributed by atoms with Gasteiger partial charge in [0.1, 0.15) is 6.54 Å². The Kier molecular flexibility index (Phi) is 5.96. The first-order chi connectivity index (χ1) is 14.8. The molecule has 2 saturated heterocycles. The minimum absolute atomic E-state index is 0.109. The maximum absolute atomic E-state index is 13.0. The molecule has 0 spiro atoms. The van der Waals surface area contributed by atoms with Crippen LogP contribution in [0.5, 0.6) is 0 Å². The minimum atomic E-state index is -3.73. The van der Waals surface area contributed by atoms with E-state index >= 15 is 0 Å². The quantitative estimate of drug-likeness (QED) is 0.530. The molecule has 1 N–H and O–H groups in total. The van der Waals surface area contributed by atoms with E-state index in [1.165, 1.54) is 10.4 Å².